The van der Waals surface area contributed by atoms with Crippen molar-refractivity contribution in [3.05, 3.63) is 29.8 Å². The summed E-state index contributed by atoms with van der Waals surface area (Å²) >= 11 is 0. The molecule has 0 aliphatic heterocycles. The summed E-state index contributed by atoms with van der Waals surface area (Å²) in [4.78, 5) is 25.5. The second-order valence-corrected chi connectivity index (χ2v) is 5.26. The van der Waals surface area contributed by atoms with Crippen molar-refractivity contribution in [3.63, 3.8) is 0 Å². The molecular weight excluding hydrogens is 323 g/mol. The van der Waals surface area contributed by atoms with E-state index in [1.165, 1.54) is 12.1 Å². The van der Waals surface area contributed by atoms with E-state index in [1.807, 2.05) is 6.92 Å². The summed E-state index contributed by atoms with van der Waals surface area (Å²) in [5.74, 6) is -0.575. The Labute approximate surface area is 139 Å². The summed E-state index contributed by atoms with van der Waals surface area (Å²) in [6, 6.07) is 3.63. The summed E-state index contributed by atoms with van der Waals surface area (Å²) in [6.45, 7) is 6.32. The van der Waals surface area contributed by atoms with Crippen LogP contribution in [0.4, 0.5) is 18.9 Å². The maximum atomic E-state index is 12.5. The van der Waals surface area contributed by atoms with Crippen LogP contribution in [0.15, 0.2) is 24.3 Å². The van der Waals surface area contributed by atoms with Crippen LogP contribution in [0.1, 0.15) is 26.3 Å². The predicted molar refractivity (Wildman–Crippen MR) is 85.5 cm³/mol. The van der Waals surface area contributed by atoms with Gasteiger partial charge >= 0.3 is 6.18 Å². The minimum Gasteiger partial charge on any atom is -0.355 e. The number of nitrogens with zero attached hydrogens (tertiary/aromatic N) is 1. The highest BCUT2D eigenvalue weighted by Gasteiger charge is 2.30. The van der Waals surface area contributed by atoms with Gasteiger partial charge in [0.25, 0.3) is 0 Å². The van der Waals surface area contributed by atoms with Gasteiger partial charge in [0, 0.05) is 12.2 Å². The predicted octanol–water partition coefficient (Wildman–Crippen LogP) is 2.49. The standard InChI is InChI=1S/C16H22F3N3O2/c1-4-20-14(23)10-22(5-2)11(3)15(24)21-13-8-6-12(7-9-13)16(17,18)19/h6-9,11H,4-5,10H2,1-3H3,(H,20,23)(H,21,24)/t11-/m0/s1. The second kappa shape index (κ2) is 8.68. The first kappa shape index (κ1) is 20.0. The molecule has 1 atom stereocenters. The summed E-state index contributed by atoms with van der Waals surface area (Å²) < 4.78 is 37.5. The smallest absolute Gasteiger partial charge is 0.355 e. The zero-order valence-corrected chi connectivity index (χ0v) is 13.9. The number of amides is 2. The molecule has 134 valence electrons. The fourth-order valence-corrected chi connectivity index (χ4v) is 2.12. The van der Waals surface area contributed by atoms with Crippen LogP contribution < -0.4 is 10.6 Å². The molecule has 24 heavy (non-hydrogen) atoms. The molecule has 2 N–H and O–H groups in total. The molecule has 8 heteroatoms. The molecule has 0 bridgehead atoms. The molecule has 0 spiro atoms. The van der Waals surface area contributed by atoms with Gasteiger partial charge in [-0.2, -0.15) is 13.2 Å². The number of hydrogen-bond acceptors (Lipinski definition) is 3. The molecule has 5 nitrogen and oxygen atoms in total. The topological polar surface area (TPSA) is 61.4 Å². The van der Waals surface area contributed by atoms with Gasteiger partial charge in [-0.3, -0.25) is 14.5 Å². The van der Waals surface area contributed by atoms with E-state index in [9.17, 15) is 22.8 Å². The molecule has 0 aliphatic carbocycles. The number of benzene rings is 1. The van der Waals surface area contributed by atoms with Crippen LogP contribution in [0.3, 0.4) is 0 Å². The summed E-state index contributed by atoms with van der Waals surface area (Å²) in [5.41, 5.74) is -0.506. The lowest BCUT2D eigenvalue weighted by Crippen LogP contribution is -2.46. The van der Waals surface area contributed by atoms with E-state index in [-0.39, 0.29) is 24.0 Å². The molecule has 0 radical (unpaired) electrons. The van der Waals surface area contributed by atoms with Crippen LogP contribution in [0, 0.1) is 0 Å². The Kier molecular flexibility index (Phi) is 7.21. The SMILES string of the molecule is CCNC(=O)CN(CC)[C@@H](C)C(=O)Nc1ccc(C(F)(F)F)cc1. The lowest BCUT2D eigenvalue weighted by Gasteiger charge is -2.26. The first-order chi connectivity index (χ1) is 11.2. The summed E-state index contributed by atoms with van der Waals surface area (Å²) in [6.07, 6.45) is -4.42. The Bertz CT molecular complexity index is 559. The third kappa shape index (κ3) is 5.84. The minimum absolute atomic E-state index is 0.0753. The zero-order valence-electron chi connectivity index (χ0n) is 13.9. The maximum Gasteiger partial charge on any atom is 0.416 e. The number of likely N-dealkylation sites (N-methyl/N-ethyl adjacent to an activating group) is 2. The molecule has 0 fully saturated rings. The van der Waals surface area contributed by atoms with Gasteiger partial charge in [0.15, 0.2) is 0 Å². The average Bonchev–Trinajstić information content (AvgIpc) is 2.51. The van der Waals surface area contributed by atoms with Crippen LogP contribution in [0.2, 0.25) is 0 Å². The Morgan fingerprint density at radius 3 is 2.21 bits per heavy atom. The first-order valence-electron chi connectivity index (χ1n) is 7.67. The van der Waals surface area contributed by atoms with Crippen molar-refractivity contribution in [2.45, 2.75) is 33.0 Å². The quantitative estimate of drug-likeness (QED) is 0.798. The second-order valence-electron chi connectivity index (χ2n) is 5.26. The van der Waals surface area contributed by atoms with Crippen LogP contribution in [0.25, 0.3) is 0 Å². The average molecular weight is 345 g/mol. The number of nitrogens with one attached hydrogen (secondary N) is 2. The van der Waals surface area contributed by atoms with E-state index < -0.39 is 17.8 Å². The van der Waals surface area contributed by atoms with Gasteiger partial charge in [-0.1, -0.05) is 6.92 Å². The zero-order chi connectivity index (χ0) is 18.3. The number of carbonyl (C=O) groups is 2. The van der Waals surface area contributed by atoms with Crippen LogP contribution in [-0.4, -0.2) is 42.4 Å². The van der Waals surface area contributed by atoms with Gasteiger partial charge in [0.05, 0.1) is 18.2 Å². The number of halogens is 3. The molecule has 0 aromatic heterocycles. The Hall–Kier alpha value is -2.09. The third-order valence-corrected chi connectivity index (χ3v) is 3.53. The number of rotatable bonds is 7. The number of anilines is 1. The van der Waals surface area contributed by atoms with Gasteiger partial charge < -0.3 is 10.6 Å². The van der Waals surface area contributed by atoms with Gasteiger partial charge in [-0.05, 0) is 44.7 Å². The lowest BCUT2D eigenvalue weighted by molar-refractivity contribution is -0.137. The molecule has 1 rings (SSSR count). The molecule has 0 saturated carbocycles. The van der Waals surface area contributed by atoms with Crippen LogP contribution in [0.5, 0.6) is 0 Å². The highest BCUT2D eigenvalue weighted by molar-refractivity contribution is 5.95. The van der Waals surface area contributed by atoms with E-state index in [0.29, 0.717) is 13.1 Å². The Balaban J connectivity index is 2.69. The van der Waals surface area contributed by atoms with E-state index in [1.54, 1.807) is 18.7 Å². The van der Waals surface area contributed by atoms with Crippen molar-refractivity contribution in [1.82, 2.24) is 10.2 Å². The highest BCUT2D eigenvalue weighted by Crippen LogP contribution is 2.29. The van der Waals surface area contributed by atoms with Gasteiger partial charge in [0.1, 0.15) is 0 Å². The number of hydrogen-bond donors (Lipinski definition) is 2. The van der Waals surface area contributed by atoms with Crippen molar-refractivity contribution in [1.29, 1.82) is 0 Å². The van der Waals surface area contributed by atoms with Crippen molar-refractivity contribution in [2.75, 3.05) is 25.0 Å². The van der Waals surface area contributed by atoms with Gasteiger partial charge in [0.2, 0.25) is 11.8 Å². The van der Waals surface area contributed by atoms with E-state index in [2.05, 4.69) is 10.6 Å². The number of alkyl halides is 3. The molecule has 2 amide bonds. The Morgan fingerprint density at radius 1 is 1.17 bits per heavy atom. The summed E-state index contributed by atoms with van der Waals surface area (Å²) in [7, 11) is 0. The van der Waals surface area contributed by atoms with Crippen molar-refractivity contribution in [2.24, 2.45) is 0 Å². The van der Waals surface area contributed by atoms with E-state index in [0.717, 1.165) is 12.1 Å². The third-order valence-electron chi connectivity index (χ3n) is 3.53. The van der Waals surface area contributed by atoms with Crippen LogP contribution >= 0.6 is 0 Å². The largest absolute Gasteiger partial charge is 0.416 e. The van der Waals surface area contributed by atoms with Gasteiger partial charge in [-0.15, -0.1) is 0 Å². The van der Waals surface area contributed by atoms with Crippen molar-refractivity contribution in [3.8, 4) is 0 Å². The van der Waals surface area contributed by atoms with Gasteiger partial charge in [-0.25, -0.2) is 0 Å². The highest BCUT2D eigenvalue weighted by atomic mass is 19.4. The normalized spacial score (nSPS) is 12.8. The lowest BCUT2D eigenvalue weighted by atomic mass is 10.2. The molecule has 0 aliphatic rings. The molecular formula is C16H22F3N3O2. The van der Waals surface area contributed by atoms with E-state index >= 15 is 0 Å². The molecule has 0 heterocycles. The van der Waals surface area contributed by atoms with E-state index in [4.69, 9.17) is 0 Å². The summed E-state index contributed by atoms with van der Waals surface area (Å²) in [5, 5.41) is 5.22. The number of carbonyl (C=O) groups excluding carboxylic acids is 2. The fraction of sp³-hybridized carbons (Fsp3) is 0.500. The first-order valence-corrected chi connectivity index (χ1v) is 7.67. The minimum atomic E-state index is -4.42. The Morgan fingerprint density at radius 2 is 1.75 bits per heavy atom. The molecule has 0 saturated heterocycles. The molecule has 1 aromatic rings. The molecule has 0 unspecified atom stereocenters. The molecule has 1 aromatic carbocycles. The monoisotopic (exact) mass is 345 g/mol. The maximum absolute atomic E-state index is 12.5. The van der Waals surface area contributed by atoms with Crippen LogP contribution in [-0.2, 0) is 15.8 Å². The van der Waals surface area contributed by atoms with Crippen molar-refractivity contribution >= 4 is 17.5 Å². The van der Waals surface area contributed by atoms with Crippen molar-refractivity contribution < 1.29 is 22.8 Å². The fourth-order valence-electron chi connectivity index (χ4n) is 2.12.